The van der Waals surface area contributed by atoms with Crippen molar-refractivity contribution in [2.75, 3.05) is 0 Å². The number of nitrogens with zero attached hydrogens (tertiary/aromatic N) is 1. The fourth-order valence-electron chi connectivity index (χ4n) is 3.66. The molecule has 2 saturated carbocycles. The Hall–Kier alpha value is -1.32. The second kappa shape index (κ2) is 5.82. The first-order valence-corrected chi connectivity index (χ1v) is 8.24. The third-order valence-electron chi connectivity index (χ3n) is 4.80. The molecule has 2 aliphatic carbocycles. The van der Waals surface area contributed by atoms with Crippen LogP contribution in [-0.4, -0.2) is 16.2 Å². The molecule has 0 radical (unpaired) electrons. The number of carbonyl (C=O) groups is 1. The van der Waals surface area contributed by atoms with Crippen molar-refractivity contribution in [3.63, 3.8) is 0 Å². The number of aliphatic carboxylic acids is 1. The van der Waals surface area contributed by atoms with Crippen molar-refractivity contribution in [1.82, 2.24) is 5.16 Å². The van der Waals surface area contributed by atoms with E-state index >= 15 is 0 Å². The number of rotatable bonds is 7. The number of carboxylic acid groups (broad SMARTS) is 1. The van der Waals surface area contributed by atoms with Gasteiger partial charge < -0.3 is 9.63 Å². The fraction of sp³-hybridized carbons (Fsp3) is 0.765. The molecule has 0 unspecified atom stereocenters. The second-order valence-electron chi connectivity index (χ2n) is 7.24. The van der Waals surface area contributed by atoms with E-state index in [1.165, 1.54) is 37.7 Å². The van der Waals surface area contributed by atoms with Gasteiger partial charge in [-0.2, -0.15) is 0 Å². The molecule has 4 nitrogen and oxygen atoms in total. The summed E-state index contributed by atoms with van der Waals surface area (Å²) in [6.45, 7) is 4.56. The zero-order chi connectivity index (χ0) is 15.0. The Labute approximate surface area is 125 Å². The molecule has 3 rings (SSSR count). The lowest BCUT2D eigenvalue weighted by Gasteiger charge is -2.35. The van der Waals surface area contributed by atoms with Crippen molar-refractivity contribution < 1.29 is 14.4 Å². The molecule has 0 bridgehead atoms. The van der Waals surface area contributed by atoms with Crippen LogP contribution in [0.25, 0.3) is 0 Å². The van der Waals surface area contributed by atoms with Crippen molar-refractivity contribution in [3.05, 3.63) is 17.0 Å². The van der Waals surface area contributed by atoms with Crippen LogP contribution >= 0.6 is 0 Å². The third-order valence-corrected chi connectivity index (χ3v) is 4.80. The van der Waals surface area contributed by atoms with Crippen LogP contribution in [0.4, 0.5) is 0 Å². The Bertz CT molecular complexity index is 510. The molecule has 1 heterocycles. The van der Waals surface area contributed by atoms with Crippen molar-refractivity contribution in [2.24, 2.45) is 11.8 Å². The maximum absolute atomic E-state index is 10.8. The van der Waals surface area contributed by atoms with Gasteiger partial charge in [0.15, 0.2) is 0 Å². The minimum Gasteiger partial charge on any atom is -0.481 e. The van der Waals surface area contributed by atoms with E-state index in [-0.39, 0.29) is 6.42 Å². The summed E-state index contributed by atoms with van der Waals surface area (Å²) in [6.07, 6.45) is 6.79. The molecule has 0 spiro atoms. The minimum atomic E-state index is -0.762. The van der Waals surface area contributed by atoms with Crippen LogP contribution in [-0.2, 0) is 11.2 Å². The van der Waals surface area contributed by atoms with E-state index < -0.39 is 5.97 Å². The first-order valence-electron chi connectivity index (χ1n) is 8.24. The molecule has 1 aromatic heterocycles. The largest absolute Gasteiger partial charge is 0.481 e. The smallest absolute Gasteiger partial charge is 0.303 e. The van der Waals surface area contributed by atoms with Gasteiger partial charge in [0.2, 0.25) is 0 Å². The highest BCUT2D eigenvalue weighted by molar-refractivity contribution is 5.67. The Kier molecular flexibility index (Phi) is 4.05. The van der Waals surface area contributed by atoms with Crippen LogP contribution in [0.1, 0.15) is 81.2 Å². The summed E-state index contributed by atoms with van der Waals surface area (Å²) in [6, 6.07) is 0. The molecular formula is C17H25NO3. The van der Waals surface area contributed by atoms with Gasteiger partial charge in [-0.1, -0.05) is 19.0 Å². The molecule has 21 heavy (non-hydrogen) atoms. The van der Waals surface area contributed by atoms with Gasteiger partial charge >= 0.3 is 5.97 Å². The van der Waals surface area contributed by atoms with Gasteiger partial charge in [-0.25, -0.2) is 0 Å². The lowest BCUT2D eigenvalue weighted by molar-refractivity contribution is -0.136. The van der Waals surface area contributed by atoms with Gasteiger partial charge in [-0.15, -0.1) is 0 Å². The lowest BCUT2D eigenvalue weighted by atomic mass is 9.69. The van der Waals surface area contributed by atoms with E-state index in [2.05, 4.69) is 19.0 Å². The van der Waals surface area contributed by atoms with Crippen LogP contribution in [0.3, 0.4) is 0 Å². The monoisotopic (exact) mass is 291 g/mol. The van der Waals surface area contributed by atoms with E-state index in [1.807, 2.05) is 0 Å². The summed E-state index contributed by atoms with van der Waals surface area (Å²) in [5, 5.41) is 13.1. The van der Waals surface area contributed by atoms with Crippen molar-refractivity contribution in [3.8, 4) is 0 Å². The molecule has 0 saturated heterocycles. The molecule has 2 fully saturated rings. The summed E-state index contributed by atoms with van der Waals surface area (Å²) >= 11 is 0. The highest BCUT2D eigenvalue weighted by Gasteiger charge is 2.40. The predicted molar refractivity (Wildman–Crippen MR) is 79.4 cm³/mol. The fourth-order valence-corrected chi connectivity index (χ4v) is 3.66. The van der Waals surface area contributed by atoms with Gasteiger partial charge in [0.05, 0.1) is 12.1 Å². The summed E-state index contributed by atoms with van der Waals surface area (Å²) in [5.41, 5.74) is 2.17. The van der Waals surface area contributed by atoms with Crippen LogP contribution in [0, 0.1) is 11.8 Å². The number of hydrogen-bond donors (Lipinski definition) is 1. The minimum absolute atomic E-state index is 0.145. The Morgan fingerprint density at radius 2 is 2.05 bits per heavy atom. The Morgan fingerprint density at radius 3 is 2.62 bits per heavy atom. The SMILES string of the molecule is CC(C)C[C@H]1C[C@@H](c2onc(CCC(=O)O)c2C2CC2)C1. The summed E-state index contributed by atoms with van der Waals surface area (Å²) in [5.74, 6) is 3.02. The molecule has 4 heteroatoms. The van der Waals surface area contributed by atoms with Gasteiger partial charge in [-0.05, 0) is 49.9 Å². The maximum Gasteiger partial charge on any atom is 0.303 e. The second-order valence-corrected chi connectivity index (χ2v) is 7.24. The molecule has 0 atom stereocenters. The van der Waals surface area contributed by atoms with Crippen molar-refractivity contribution in [1.29, 1.82) is 0 Å². The van der Waals surface area contributed by atoms with E-state index in [0.717, 1.165) is 23.3 Å². The maximum atomic E-state index is 10.8. The molecular weight excluding hydrogens is 266 g/mol. The van der Waals surface area contributed by atoms with Crippen LogP contribution < -0.4 is 0 Å². The Balaban J connectivity index is 1.67. The topological polar surface area (TPSA) is 63.3 Å². The summed E-state index contributed by atoms with van der Waals surface area (Å²) in [4.78, 5) is 10.8. The van der Waals surface area contributed by atoms with Crippen LogP contribution in [0.15, 0.2) is 4.52 Å². The molecule has 116 valence electrons. The summed E-state index contributed by atoms with van der Waals surface area (Å²) in [7, 11) is 0. The highest BCUT2D eigenvalue weighted by Crippen LogP contribution is 2.51. The number of aryl methyl sites for hydroxylation is 1. The van der Waals surface area contributed by atoms with Gasteiger partial charge in [0.25, 0.3) is 0 Å². The first-order chi connectivity index (χ1) is 10.0. The lowest BCUT2D eigenvalue weighted by Crippen LogP contribution is -2.23. The molecule has 0 amide bonds. The third kappa shape index (κ3) is 3.30. The van der Waals surface area contributed by atoms with Crippen molar-refractivity contribution in [2.45, 2.75) is 70.6 Å². The Morgan fingerprint density at radius 1 is 1.33 bits per heavy atom. The zero-order valence-electron chi connectivity index (χ0n) is 13.0. The van der Waals surface area contributed by atoms with Crippen LogP contribution in [0.5, 0.6) is 0 Å². The highest BCUT2D eigenvalue weighted by atomic mass is 16.5. The molecule has 0 aromatic carbocycles. The van der Waals surface area contributed by atoms with Crippen molar-refractivity contribution >= 4 is 5.97 Å². The average Bonchev–Trinajstić information content (AvgIpc) is 3.11. The van der Waals surface area contributed by atoms with E-state index in [9.17, 15) is 4.79 Å². The van der Waals surface area contributed by atoms with Gasteiger partial charge in [0, 0.05) is 17.9 Å². The van der Waals surface area contributed by atoms with Gasteiger partial charge in [-0.3, -0.25) is 4.79 Å². The van der Waals surface area contributed by atoms with E-state index in [4.69, 9.17) is 9.63 Å². The molecule has 0 aliphatic heterocycles. The molecule has 1 aromatic rings. The van der Waals surface area contributed by atoms with Crippen LogP contribution in [0.2, 0.25) is 0 Å². The summed E-state index contributed by atoms with van der Waals surface area (Å²) < 4.78 is 5.64. The average molecular weight is 291 g/mol. The molecule has 1 N–H and O–H groups in total. The number of aromatic nitrogens is 1. The first kappa shape index (κ1) is 14.6. The standard InChI is InChI=1S/C17H25NO3/c1-10(2)7-11-8-13(9-11)17-16(12-3-4-12)14(18-21-17)5-6-15(19)20/h10-13H,3-9H2,1-2H3,(H,19,20)/t11-,13+. The van der Waals surface area contributed by atoms with Gasteiger partial charge in [0.1, 0.15) is 5.76 Å². The quantitative estimate of drug-likeness (QED) is 0.821. The van der Waals surface area contributed by atoms with E-state index in [1.54, 1.807) is 0 Å². The number of hydrogen-bond acceptors (Lipinski definition) is 3. The number of carboxylic acids is 1. The normalized spacial score (nSPS) is 25.1. The van der Waals surface area contributed by atoms with E-state index in [0.29, 0.717) is 18.3 Å². The molecule has 2 aliphatic rings. The predicted octanol–water partition coefficient (Wildman–Crippen LogP) is 4.11. The zero-order valence-corrected chi connectivity index (χ0v) is 13.0.